The van der Waals surface area contributed by atoms with Gasteiger partial charge in [-0.05, 0) is 61.4 Å². The van der Waals surface area contributed by atoms with E-state index in [1.165, 1.54) is 14.2 Å². The lowest BCUT2D eigenvalue weighted by molar-refractivity contribution is 0.0591. The van der Waals surface area contributed by atoms with Crippen LogP contribution in [0.15, 0.2) is 48.5 Å². The van der Waals surface area contributed by atoms with Crippen molar-refractivity contribution in [1.29, 1.82) is 0 Å². The first-order chi connectivity index (χ1) is 16.3. The third-order valence-electron chi connectivity index (χ3n) is 5.54. The number of carbonyl (C=O) groups is 4. The first kappa shape index (κ1) is 26.6. The van der Waals surface area contributed by atoms with Crippen LogP contribution in [0.1, 0.15) is 67.1 Å². The molecule has 8 heteroatoms. The van der Waals surface area contributed by atoms with Gasteiger partial charge in [0.1, 0.15) is 0 Å². The van der Waals surface area contributed by atoms with E-state index in [4.69, 9.17) is 0 Å². The van der Waals surface area contributed by atoms with Crippen molar-refractivity contribution < 1.29 is 28.7 Å². The van der Waals surface area contributed by atoms with E-state index in [9.17, 15) is 19.2 Å². The Hall–Kier alpha value is -3.68. The van der Waals surface area contributed by atoms with Crippen LogP contribution in [0.3, 0.4) is 0 Å². The number of esters is 2. The Labute approximate surface area is 200 Å². The Morgan fingerprint density at radius 1 is 0.559 bits per heavy atom. The predicted molar refractivity (Wildman–Crippen MR) is 128 cm³/mol. The van der Waals surface area contributed by atoms with Crippen LogP contribution in [0.25, 0.3) is 0 Å². The Bertz CT molecular complexity index is 904. The van der Waals surface area contributed by atoms with Gasteiger partial charge < -0.3 is 19.3 Å². The molecule has 2 rings (SSSR count). The quantitative estimate of drug-likeness (QED) is 0.369. The molecule has 0 N–H and O–H groups in total. The fourth-order valence-electron chi connectivity index (χ4n) is 3.43. The lowest BCUT2D eigenvalue weighted by Crippen LogP contribution is -2.28. The number of benzene rings is 2. The highest BCUT2D eigenvalue weighted by Gasteiger charge is 2.14. The van der Waals surface area contributed by atoms with Crippen molar-refractivity contribution in [3.8, 4) is 0 Å². The maximum absolute atomic E-state index is 12.5. The van der Waals surface area contributed by atoms with Crippen LogP contribution in [0.5, 0.6) is 0 Å². The van der Waals surface area contributed by atoms with Crippen LogP contribution >= 0.6 is 0 Å². The van der Waals surface area contributed by atoms with Crippen LogP contribution in [-0.2, 0) is 9.47 Å². The second kappa shape index (κ2) is 13.1. The van der Waals surface area contributed by atoms with Crippen LogP contribution in [-0.4, -0.2) is 75.0 Å². The summed E-state index contributed by atoms with van der Waals surface area (Å²) < 4.78 is 9.33. The zero-order valence-electron chi connectivity index (χ0n) is 20.2. The highest BCUT2D eigenvalue weighted by Crippen LogP contribution is 2.11. The van der Waals surface area contributed by atoms with Crippen molar-refractivity contribution in [3.05, 3.63) is 70.8 Å². The molecule has 0 bridgehead atoms. The van der Waals surface area contributed by atoms with Gasteiger partial charge in [-0.1, -0.05) is 12.8 Å². The number of rotatable bonds is 11. The van der Waals surface area contributed by atoms with E-state index in [1.54, 1.807) is 72.4 Å². The van der Waals surface area contributed by atoms with Gasteiger partial charge in [-0.25, -0.2) is 9.59 Å². The van der Waals surface area contributed by atoms with Gasteiger partial charge in [-0.15, -0.1) is 0 Å². The molecule has 34 heavy (non-hydrogen) atoms. The molecule has 0 aliphatic heterocycles. The lowest BCUT2D eigenvalue weighted by Gasteiger charge is -2.18. The summed E-state index contributed by atoms with van der Waals surface area (Å²) in [4.78, 5) is 51.4. The summed E-state index contributed by atoms with van der Waals surface area (Å²) in [5.41, 5.74) is 1.86. The molecule has 0 heterocycles. The zero-order chi connectivity index (χ0) is 25.1. The van der Waals surface area contributed by atoms with E-state index in [0.717, 1.165) is 25.7 Å². The van der Waals surface area contributed by atoms with Crippen LogP contribution in [0.4, 0.5) is 0 Å². The molecule has 0 aliphatic rings. The van der Waals surface area contributed by atoms with Gasteiger partial charge in [-0.2, -0.15) is 0 Å². The first-order valence-corrected chi connectivity index (χ1v) is 11.2. The molecule has 0 saturated heterocycles. The number of nitrogens with zero attached hydrogens (tertiary/aromatic N) is 2. The fraction of sp³-hybridized carbons (Fsp3) is 0.385. The molecule has 0 fully saturated rings. The number of hydrogen-bond acceptors (Lipinski definition) is 6. The third-order valence-corrected chi connectivity index (χ3v) is 5.54. The standard InChI is InChI=1S/C26H32N2O6/c1-27(23(29)19-9-13-21(14-10-19)25(31)33-3)17-7-5-6-8-18-28(2)24(30)20-11-15-22(16-12-20)26(32)34-4/h9-16H,5-8,17-18H2,1-4H3. The molecule has 2 amide bonds. The maximum atomic E-state index is 12.5. The van der Waals surface area contributed by atoms with Gasteiger partial charge in [0.2, 0.25) is 0 Å². The molecule has 0 aliphatic carbocycles. The molecule has 0 unspecified atom stereocenters. The summed E-state index contributed by atoms with van der Waals surface area (Å²) in [6, 6.07) is 12.8. The number of unbranched alkanes of at least 4 members (excludes halogenated alkanes) is 3. The minimum absolute atomic E-state index is 0.0973. The van der Waals surface area contributed by atoms with Crippen molar-refractivity contribution >= 4 is 23.8 Å². The summed E-state index contributed by atoms with van der Waals surface area (Å²) in [5, 5.41) is 0. The number of hydrogen-bond donors (Lipinski definition) is 0. The molecular weight excluding hydrogens is 436 g/mol. The zero-order valence-corrected chi connectivity index (χ0v) is 20.2. The summed E-state index contributed by atoms with van der Waals surface area (Å²) in [5.74, 6) is -1.06. The van der Waals surface area contributed by atoms with Crippen LogP contribution in [0.2, 0.25) is 0 Å². The van der Waals surface area contributed by atoms with Crippen molar-refractivity contribution in [1.82, 2.24) is 9.80 Å². The number of amides is 2. The summed E-state index contributed by atoms with van der Waals surface area (Å²) in [6.45, 7) is 1.25. The third kappa shape index (κ3) is 7.43. The van der Waals surface area contributed by atoms with E-state index < -0.39 is 11.9 Å². The Morgan fingerprint density at radius 2 is 0.853 bits per heavy atom. The van der Waals surface area contributed by atoms with E-state index in [2.05, 4.69) is 9.47 Å². The average molecular weight is 469 g/mol. The minimum atomic E-state index is -0.434. The van der Waals surface area contributed by atoms with Gasteiger partial charge in [0.25, 0.3) is 11.8 Å². The lowest BCUT2D eigenvalue weighted by atomic mass is 10.1. The van der Waals surface area contributed by atoms with Gasteiger partial charge >= 0.3 is 11.9 Å². The smallest absolute Gasteiger partial charge is 0.337 e. The molecule has 0 radical (unpaired) electrons. The predicted octanol–water partition coefficient (Wildman–Crippen LogP) is 3.66. The van der Waals surface area contributed by atoms with Crippen molar-refractivity contribution in [3.63, 3.8) is 0 Å². The molecule has 0 spiro atoms. The van der Waals surface area contributed by atoms with Crippen molar-refractivity contribution in [2.24, 2.45) is 0 Å². The highest BCUT2D eigenvalue weighted by atomic mass is 16.5. The van der Waals surface area contributed by atoms with E-state index in [1.807, 2.05) is 0 Å². The second-order valence-corrected chi connectivity index (χ2v) is 8.01. The average Bonchev–Trinajstić information content (AvgIpc) is 2.88. The summed E-state index contributed by atoms with van der Waals surface area (Å²) in [7, 11) is 6.15. The number of ether oxygens (including phenoxy) is 2. The highest BCUT2D eigenvalue weighted by molar-refractivity contribution is 5.96. The molecule has 182 valence electrons. The van der Waals surface area contributed by atoms with E-state index in [0.29, 0.717) is 35.3 Å². The Morgan fingerprint density at radius 3 is 1.15 bits per heavy atom. The molecule has 2 aromatic carbocycles. The topological polar surface area (TPSA) is 93.2 Å². The Balaban J connectivity index is 1.68. The summed E-state index contributed by atoms with van der Waals surface area (Å²) in [6.07, 6.45) is 3.59. The Kier molecular flexibility index (Phi) is 10.3. The summed E-state index contributed by atoms with van der Waals surface area (Å²) >= 11 is 0. The number of methoxy groups -OCH3 is 2. The molecular formula is C26H32N2O6. The first-order valence-electron chi connectivity index (χ1n) is 11.2. The van der Waals surface area contributed by atoms with Crippen molar-refractivity contribution in [2.75, 3.05) is 41.4 Å². The fourth-order valence-corrected chi connectivity index (χ4v) is 3.43. The van der Waals surface area contributed by atoms with E-state index in [-0.39, 0.29) is 11.8 Å². The maximum Gasteiger partial charge on any atom is 0.337 e. The second-order valence-electron chi connectivity index (χ2n) is 8.01. The van der Waals surface area contributed by atoms with Gasteiger partial charge in [0.15, 0.2) is 0 Å². The molecule has 0 aromatic heterocycles. The number of carbonyl (C=O) groups excluding carboxylic acids is 4. The molecule has 8 nitrogen and oxygen atoms in total. The molecule has 2 aromatic rings. The van der Waals surface area contributed by atoms with Gasteiger partial charge in [-0.3, -0.25) is 9.59 Å². The van der Waals surface area contributed by atoms with Crippen LogP contribution in [0, 0.1) is 0 Å². The largest absolute Gasteiger partial charge is 0.465 e. The molecule has 0 saturated carbocycles. The van der Waals surface area contributed by atoms with Crippen LogP contribution < -0.4 is 0 Å². The van der Waals surface area contributed by atoms with Gasteiger partial charge in [0.05, 0.1) is 25.3 Å². The SMILES string of the molecule is COC(=O)c1ccc(C(=O)N(C)CCCCCCN(C)C(=O)c2ccc(C(=O)OC)cc2)cc1. The minimum Gasteiger partial charge on any atom is -0.465 e. The van der Waals surface area contributed by atoms with Gasteiger partial charge in [0, 0.05) is 38.3 Å². The van der Waals surface area contributed by atoms with Crippen molar-refractivity contribution in [2.45, 2.75) is 25.7 Å². The van der Waals surface area contributed by atoms with E-state index >= 15 is 0 Å². The monoisotopic (exact) mass is 468 g/mol. The molecule has 0 atom stereocenters. The normalized spacial score (nSPS) is 10.4.